The zero-order valence-electron chi connectivity index (χ0n) is 10.7. The highest BCUT2D eigenvalue weighted by Crippen LogP contribution is 2.46. The summed E-state index contributed by atoms with van der Waals surface area (Å²) in [5, 5.41) is 0.599. The molecule has 2 bridgehead atoms. The molecule has 4 heteroatoms. The third-order valence-electron chi connectivity index (χ3n) is 4.88. The highest BCUT2D eigenvalue weighted by atomic mass is 35.5. The van der Waals surface area contributed by atoms with Crippen LogP contribution < -0.4 is 4.74 Å². The fraction of sp³-hybridized carbons (Fsp3) is 0.533. The predicted octanol–water partition coefficient (Wildman–Crippen LogP) is 2.77. The van der Waals surface area contributed by atoms with Gasteiger partial charge in [0.15, 0.2) is 5.78 Å². The molecule has 3 aliphatic rings. The van der Waals surface area contributed by atoms with Crippen molar-refractivity contribution >= 4 is 17.4 Å². The number of nitrogens with zero attached hydrogens (tertiary/aromatic N) is 1. The Kier molecular flexibility index (Phi) is 2.45. The third kappa shape index (κ3) is 1.72. The maximum Gasteiger partial charge on any atom is 0.170 e. The second-order valence-electron chi connectivity index (χ2n) is 5.94. The standard InChI is InChI=1S/C15H16ClNO2/c16-11-1-2-14-12(7-11)13(18)8-15(19-14)4-6-17-5-3-10(15)9-17/h1-2,7,10H,3-6,8-9H2. The summed E-state index contributed by atoms with van der Waals surface area (Å²) in [6.07, 6.45) is 2.63. The first-order valence-corrected chi connectivity index (χ1v) is 7.28. The lowest BCUT2D eigenvalue weighted by molar-refractivity contribution is -0.0293. The lowest BCUT2D eigenvalue weighted by atomic mass is 9.76. The van der Waals surface area contributed by atoms with Crippen molar-refractivity contribution in [1.82, 2.24) is 4.90 Å². The Labute approximate surface area is 117 Å². The van der Waals surface area contributed by atoms with E-state index in [9.17, 15) is 4.79 Å². The van der Waals surface area contributed by atoms with Gasteiger partial charge < -0.3 is 9.64 Å². The monoisotopic (exact) mass is 277 g/mol. The van der Waals surface area contributed by atoms with Crippen LogP contribution in [0.3, 0.4) is 0 Å². The molecule has 0 amide bonds. The van der Waals surface area contributed by atoms with E-state index in [2.05, 4.69) is 4.90 Å². The lowest BCUT2D eigenvalue weighted by Gasteiger charge is -2.45. The average molecular weight is 278 g/mol. The fourth-order valence-electron chi connectivity index (χ4n) is 3.81. The smallest absolute Gasteiger partial charge is 0.170 e. The largest absolute Gasteiger partial charge is 0.486 e. The van der Waals surface area contributed by atoms with E-state index >= 15 is 0 Å². The summed E-state index contributed by atoms with van der Waals surface area (Å²) in [6, 6.07) is 5.38. The number of hydrogen-bond acceptors (Lipinski definition) is 3. The van der Waals surface area contributed by atoms with Crippen LogP contribution in [0.2, 0.25) is 5.02 Å². The van der Waals surface area contributed by atoms with E-state index in [1.54, 1.807) is 12.1 Å². The molecule has 1 spiro atoms. The quantitative estimate of drug-likeness (QED) is 0.730. The fourth-order valence-corrected chi connectivity index (χ4v) is 3.99. The Morgan fingerprint density at radius 1 is 1.37 bits per heavy atom. The molecule has 0 N–H and O–H groups in total. The number of carbonyl (C=O) groups excluding carboxylic acids is 1. The topological polar surface area (TPSA) is 29.5 Å². The third-order valence-corrected chi connectivity index (χ3v) is 5.12. The van der Waals surface area contributed by atoms with Crippen LogP contribution >= 0.6 is 11.6 Å². The first-order valence-electron chi connectivity index (χ1n) is 6.90. The molecule has 1 aromatic carbocycles. The average Bonchev–Trinajstić information content (AvgIpc) is 2.81. The van der Waals surface area contributed by atoms with Crippen molar-refractivity contribution < 1.29 is 9.53 Å². The van der Waals surface area contributed by atoms with Crippen LogP contribution in [0.15, 0.2) is 18.2 Å². The molecular formula is C15H16ClNO2. The van der Waals surface area contributed by atoms with Crippen molar-refractivity contribution in [3.05, 3.63) is 28.8 Å². The van der Waals surface area contributed by atoms with Gasteiger partial charge in [-0.15, -0.1) is 0 Å². The normalized spacial score (nSPS) is 36.2. The minimum absolute atomic E-state index is 0.184. The molecule has 19 heavy (non-hydrogen) atoms. The second kappa shape index (κ2) is 3.97. The van der Waals surface area contributed by atoms with Crippen LogP contribution in [0.4, 0.5) is 0 Å². The number of piperidine rings is 1. The van der Waals surface area contributed by atoms with Crippen molar-refractivity contribution in [1.29, 1.82) is 0 Å². The van der Waals surface area contributed by atoms with E-state index in [0.29, 0.717) is 22.9 Å². The van der Waals surface area contributed by atoms with E-state index in [1.807, 2.05) is 6.07 Å². The summed E-state index contributed by atoms with van der Waals surface area (Å²) in [4.78, 5) is 14.9. The number of Topliss-reactive ketones (excluding diaryl/α,β-unsaturated/α-hetero) is 1. The summed E-state index contributed by atoms with van der Waals surface area (Å²) in [5.41, 5.74) is 0.392. The number of rotatable bonds is 0. The molecule has 1 aromatic rings. The minimum atomic E-state index is -0.259. The summed E-state index contributed by atoms with van der Waals surface area (Å²) < 4.78 is 6.31. The molecule has 2 fully saturated rings. The van der Waals surface area contributed by atoms with Gasteiger partial charge in [0.1, 0.15) is 11.4 Å². The van der Waals surface area contributed by atoms with E-state index in [0.717, 1.165) is 38.2 Å². The van der Waals surface area contributed by atoms with Crippen molar-refractivity contribution in [2.75, 3.05) is 19.6 Å². The van der Waals surface area contributed by atoms with Crippen LogP contribution in [0.5, 0.6) is 5.75 Å². The van der Waals surface area contributed by atoms with Gasteiger partial charge in [0, 0.05) is 30.5 Å². The number of fused-ring (bicyclic) bond motifs is 4. The van der Waals surface area contributed by atoms with Crippen LogP contribution in [0.25, 0.3) is 0 Å². The lowest BCUT2D eigenvalue weighted by Crippen LogP contribution is -2.53. The van der Waals surface area contributed by atoms with E-state index in [4.69, 9.17) is 16.3 Å². The van der Waals surface area contributed by atoms with Gasteiger partial charge in [-0.05, 0) is 31.2 Å². The molecule has 4 rings (SSSR count). The summed E-state index contributed by atoms with van der Waals surface area (Å²) >= 11 is 5.97. The van der Waals surface area contributed by atoms with Gasteiger partial charge in [-0.2, -0.15) is 0 Å². The van der Waals surface area contributed by atoms with Crippen molar-refractivity contribution in [2.24, 2.45) is 5.92 Å². The Balaban J connectivity index is 1.74. The number of carbonyl (C=O) groups is 1. The molecule has 3 aliphatic heterocycles. The Morgan fingerprint density at radius 2 is 2.26 bits per heavy atom. The maximum absolute atomic E-state index is 12.4. The predicted molar refractivity (Wildman–Crippen MR) is 72.9 cm³/mol. The Morgan fingerprint density at radius 3 is 3.16 bits per heavy atom. The van der Waals surface area contributed by atoms with Crippen LogP contribution in [0.1, 0.15) is 29.6 Å². The van der Waals surface area contributed by atoms with Gasteiger partial charge >= 0.3 is 0 Å². The van der Waals surface area contributed by atoms with Gasteiger partial charge in [0.05, 0.1) is 12.0 Å². The zero-order chi connectivity index (χ0) is 13.0. The van der Waals surface area contributed by atoms with Gasteiger partial charge in [0.25, 0.3) is 0 Å². The molecule has 3 heterocycles. The van der Waals surface area contributed by atoms with Gasteiger partial charge in [-0.25, -0.2) is 0 Å². The summed E-state index contributed by atoms with van der Waals surface area (Å²) in [5.74, 6) is 1.40. The van der Waals surface area contributed by atoms with Crippen molar-refractivity contribution in [2.45, 2.75) is 24.9 Å². The molecule has 0 aliphatic carbocycles. The number of halogens is 1. The van der Waals surface area contributed by atoms with Gasteiger partial charge in [-0.3, -0.25) is 4.79 Å². The first-order chi connectivity index (χ1) is 9.16. The second-order valence-corrected chi connectivity index (χ2v) is 6.38. The van der Waals surface area contributed by atoms with Crippen LogP contribution in [-0.4, -0.2) is 35.9 Å². The highest BCUT2D eigenvalue weighted by Gasteiger charge is 2.51. The number of hydrogen-bond donors (Lipinski definition) is 0. The Bertz CT molecular complexity index is 559. The molecule has 0 radical (unpaired) electrons. The molecule has 0 saturated carbocycles. The highest BCUT2D eigenvalue weighted by molar-refractivity contribution is 6.31. The number of ether oxygens (including phenoxy) is 1. The van der Waals surface area contributed by atoms with Crippen molar-refractivity contribution in [3.8, 4) is 5.75 Å². The molecule has 3 nitrogen and oxygen atoms in total. The number of ketones is 1. The van der Waals surface area contributed by atoms with Crippen molar-refractivity contribution in [3.63, 3.8) is 0 Å². The molecular weight excluding hydrogens is 262 g/mol. The maximum atomic E-state index is 12.4. The van der Waals surface area contributed by atoms with Gasteiger partial charge in [0.2, 0.25) is 0 Å². The molecule has 3 unspecified atom stereocenters. The summed E-state index contributed by atoms with van der Waals surface area (Å²) in [7, 11) is 0. The first kappa shape index (κ1) is 11.7. The van der Waals surface area contributed by atoms with E-state index < -0.39 is 0 Å². The van der Waals surface area contributed by atoms with E-state index in [1.165, 1.54) is 0 Å². The molecule has 0 aromatic heterocycles. The van der Waals surface area contributed by atoms with Crippen LogP contribution in [0, 0.1) is 5.92 Å². The minimum Gasteiger partial charge on any atom is -0.486 e. The Hall–Kier alpha value is -1.06. The SMILES string of the molecule is O=C1CC2(CCN3CCC2C3)Oc2ccc(Cl)cc21. The number of benzene rings is 1. The van der Waals surface area contributed by atoms with Crippen LogP contribution in [-0.2, 0) is 0 Å². The zero-order valence-corrected chi connectivity index (χ0v) is 11.4. The molecule has 2 saturated heterocycles. The summed E-state index contributed by atoms with van der Waals surface area (Å²) in [6.45, 7) is 3.28. The molecule has 3 atom stereocenters. The van der Waals surface area contributed by atoms with Gasteiger partial charge in [-0.1, -0.05) is 11.6 Å². The van der Waals surface area contributed by atoms with E-state index in [-0.39, 0.29) is 11.4 Å². The molecule has 100 valence electrons.